The number of amides is 4. The number of carbonyl (C=O) groups excluding carboxylic acids is 3. The molecule has 0 saturated carbocycles. The van der Waals surface area contributed by atoms with Gasteiger partial charge in [0, 0.05) is 12.3 Å². The number of imide groups is 2. The summed E-state index contributed by atoms with van der Waals surface area (Å²) in [7, 11) is -2.17. The Morgan fingerprint density at radius 1 is 1.00 bits per heavy atom. The van der Waals surface area contributed by atoms with Gasteiger partial charge in [0.25, 0.3) is 0 Å². The topological polar surface area (TPSA) is 97.9 Å². The highest BCUT2D eigenvalue weighted by molar-refractivity contribution is 8.21. The van der Waals surface area contributed by atoms with E-state index in [1.165, 1.54) is 0 Å². The van der Waals surface area contributed by atoms with Crippen LogP contribution in [0.1, 0.15) is 33.6 Å². The van der Waals surface area contributed by atoms with Crippen LogP contribution in [-0.2, 0) is 26.9 Å². The molecule has 0 spiro atoms. The summed E-state index contributed by atoms with van der Waals surface area (Å²) in [5, 5.41) is 0. The summed E-state index contributed by atoms with van der Waals surface area (Å²) in [6, 6.07) is -0.577. The Bertz CT molecular complexity index is 510. The first-order valence-electron chi connectivity index (χ1n) is 8.96. The first kappa shape index (κ1) is 21.1. The molecule has 10 heteroatoms. The van der Waals surface area contributed by atoms with Crippen molar-refractivity contribution >= 4 is 28.7 Å². The molecule has 1 unspecified atom stereocenters. The van der Waals surface area contributed by atoms with Gasteiger partial charge in [0.15, 0.2) is 0 Å². The Labute approximate surface area is 155 Å². The number of carbonyl (C=O) groups is 3. The molecular formula is C16H28N2O7S. The van der Waals surface area contributed by atoms with Crippen molar-refractivity contribution in [3.05, 3.63) is 0 Å². The van der Waals surface area contributed by atoms with Gasteiger partial charge in [0.1, 0.15) is 6.42 Å². The van der Waals surface area contributed by atoms with Crippen LogP contribution in [-0.4, -0.2) is 79.0 Å². The first-order valence-corrected chi connectivity index (χ1v) is 10.5. The number of urea groups is 1. The van der Waals surface area contributed by atoms with Crippen molar-refractivity contribution < 1.29 is 31.7 Å². The van der Waals surface area contributed by atoms with Gasteiger partial charge in [-0.05, 0) is 27.2 Å². The standard InChI is InChI=1S/C16H28N2O7S/c1-4-23-26(24-5-2,25-6-3)9-7-8-17-14(19)10-15(20)18(16(17)21)11-13-12-22-13/h13H,4-12H2,1-3H3. The van der Waals surface area contributed by atoms with E-state index in [0.717, 1.165) is 9.80 Å². The van der Waals surface area contributed by atoms with Crippen molar-refractivity contribution in [1.82, 2.24) is 9.80 Å². The quantitative estimate of drug-likeness (QED) is 0.368. The summed E-state index contributed by atoms with van der Waals surface area (Å²) >= 11 is 0. The summed E-state index contributed by atoms with van der Waals surface area (Å²) < 4.78 is 22.2. The fourth-order valence-corrected chi connectivity index (χ4v) is 4.79. The Kier molecular flexibility index (Phi) is 7.84. The highest BCUT2D eigenvalue weighted by atomic mass is 32.3. The molecule has 9 nitrogen and oxygen atoms in total. The predicted molar refractivity (Wildman–Crippen MR) is 95.1 cm³/mol. The van der Waals surface area contributed by atoms with Gasteiger partial charge in [-0.15, -0.1) is 0 Å². The highest BCUT2D eigenvalue weighted by Gasteiger charge is 2.41. The van der Waals surface area contributed by atoms with Crippen molar-refractivity contribution in [2.75, 3.05) is 45.3 Å². The van der Waals surface area contributed by atoms with Gasteiger partial charge in [-0.25, -0.2) is 4.79 Å². The van der Waals surface area contributed by atoms with Gasteiger partial charge in [0.2, 0.25) is 11.8 Å². The second-order valence-corrected chi connectivity index (χ2v) is 8.03. The van der Waals surface area contributed by atoms with Crippen LogP contribution >= 0.6 is 10.9 Å². The van der Waals surface area contributed by atoms with Crippen molar-refractivity contribution in [3.8, 4) is 0 Å². The summed E-state index contributed by atoms with van der Waals surface area (Å²) in [5.74, 6) is -0.498. The smallest absolute Gasteiger partial charge is 0.333 e. The van der Waals surface area contributed by atoms with Crippen LogP contribution < -0.4 is 0 Å². The van der Waals surface area contributed by atoms with E-state index < -0.39 is 28.7 Å². The van der Waals surface area contributed by atoms with E-state index in [9.17, 15) is 14.4 Å². The van der Waals surface area contributed by atoms with Gasteiger partial charge in [-0.1, -0.05) is 0 Å². The molecule has 2 rings (SSSR count). The van der Waals surface area contributed by atoms with E-state index in [1.54, 1.807) is 0 Å². The van der Waals surface area contributed by atoms with Gasteiger partial charge < -0.3 is 4.74 Å². The Balaban J connectivity index is 1.95. The van der Waals surface area contributed by atoms with Crippen LogP contribution in [0.4, 0.5) is 4.79 Å². The van der Waals surface area contributed by atoms with Crippen LogP contribution in [0.25, 0.3) is 0 Å². The van der Waals surface area contributed by atoms with Crippen molar-refractivity contribution in [2.45, 2.75) is 39.7 Å². The average molecular weight is 392 g/mol. The molecule has 0 aromatic rings. The molecule has 0 radical (unpaired) electrons. The molecule has 2 saturated heterocycles. The fraction of sp³-hybridized carbons (Fsp3) is 0.812. The van der Waals surface area contributed by atoms with Gasteiger partial charge >= 0.3 is 6.03 Å². The lowest BCUT2D eigenvalue weighted by Crippen LogP contribution is -2.56. The number of hydrogen-bond donors (Lipinski definition) is 0. The minimum atomic E-state index is -2.17. The van der Waals surface area contributed by atoms with Gasteiger partial charge in [0.05, 0.1) is 49.9 Å². The second kappa shape index (κ2) is 9.65. The van der Waals surface area contributed by atoms with Crippen LogP contribution in [0.3, 0.4) is 0 Å². The molecule has 150 valence electrons. The number of rotatable bonds is 12. The summed E-state index contributed by atoms with van der Waals surface area (Å²) in [6.07, 6.45) is 0.0667. The number of epoxide rings is 1. The lowest BCUT2D eigenvalue weighted by atomic mass is 10.2. The van der Waals surface area contributed by atoms with Crippen molar-refractivity contribution in [3.63, 3.8) is 0 Å². The zero-order valence-electron chi connectivity index (χ0n) is 15.6. The lowest BCUT2D eigenvalue weighted by Gasteiger charge is -2.37. The maximum absolute atomic E-state index is 12.5. The summed E-state index contributed by atoms with van der Waals surface area (Å²) in [6.45, 7) is 7.85. The van der Waals surface area contributed by atoms with Gasteiger partial charge in [-0.3, -0.25) is 31.9 Å². The minimum absolute atomic E-state index is 0.107. The predicted octanol–water partition coefficient (Wildman–Crippen LogP) is 1.62. The monoisotopic (exact) mass is 392 g/mol. The average Bonchev–Trinajstić information content (AvgIpc) is 3.39. The van der Waals surface area contributed by atoms with E-state index in [2.05, 4.69) is 0 Å². The maximum Gasteiger partial charge on any atom is 0.333 e. The molecule has 0 aliphatic carbocycles. The molecule has 1 atom stereocenters. The molecular weight excluding hydrogens is 364 g/mol. The molecule has 0 aromatic heterocycles. The van der Waals surface area contributed by atoms with Crippen LogP contribution in [0.15, 0.2) is 0 Å². The Hall–Kier alpha value is -1.20. The molecule has 0 bridgehead atoms. The first-order chi connectivity index (χ1) is 12.5. The third-order valence-electron chi connectivity index (χ3n) is 3.82. The number of barbiturate groups is 1. The van der Waals surface area contributed by atoms with E-state index in [0.29, 0.717) is 38.6 Å². The fourth-order valence-electron chi connectivity index (χ4n) is 2.67. The SMILES string of the molecule is CCOS(CCCN1C(=O)CC(=O)N(CC2CO2)C1=O)(OCC)OCC. The zero-order chi connectivity index (χ0) is 19.2. The van der Waals surface area contributed by atoms with E-state index in [-0.39, 0.29) is 25.6 Å². The molecule has 2 heterocycles. The number of nitrogens with zero attached hydrogens (tertiary/aromatic N) is 2. The summed E-state index contributed by atoms with van der Waals surface area (Å²) in [4.78, 5) is 38.8. The number of ether oxygens (including phenoxy) is 1. The molecule has 2 aliphatic heterocycles. The zero-order valence-corrected chi connectivity index (χ0v) is 16.4. The molecule has 0 aromatic carbocycles. The second-order valence-electron chi connectivity index (χ2n) is 5.80. The van der Waals surface area contributed by atoms with Crippen molar-refractivity contribution in [2.24, 2.45) is 0 Å². The van der Waals surface area contributed by atoms with Crippen LogP contribution in [0.5, 0.6) is 0 Å². The third-order valence-corrected chi connectivity index (χ3v) is 6.40. The minimum Gasteiger partial charge on any atom is -0.371 e. The van der Waals surface area contributed by atoms with E-state index in [1.807, 2.05) is 20.8 Å². The number of hydrogen-bond acceptors (Lipinski definition) is 7. The molecule has 0 N–H and O–H groups in total. The highest BCUT2D eigenvalue weighted by Crippen LogP contribution is 2.51. The van der Waals surface area contributed by atoms with Gasteiger partial charge in [-0.2, -0.15) is 0 Å². The van der Waals surface area contributed by atoms with E-state index >= 15 is 0 Å². The van der Waals surface area contributed by atoms with Crippen LogP contribution in [0.2, 0.25) is 0 Å². The lowest BCUT2D eigenvalue weighted by molar-refractivity contribution is -0.142. The Morgan fingerprint density at radius 3 is 2.04 bits per heavy atom. The summed E-state index contributed by atoms with van der Waals surface area (Å²) in [5.41, 5.74) is 0. The molecule has 2 aliphatic rings. The largest absolute Gasteiger partial charge is 0.371 e. The molecule has 2 fully saturated rings. The Morgan fingerprint density at radius 2 is 1.54 bits per heavy atom. The van der Waals surface area contributed by atoms with Crippen molar-refractivity contribution in [1.29, 1.82) is 0 Å². The normalized spacial score (nSPS) is 21.5. The van der Waals surface area contributed by atoms with E-state index in [4.69, 9.17) is 17.3 Å². The van der Waals surface area contributed by atoms with Crippen LogP contribution in [0, 0.1) is 0 Å². The molecule has 26 heavy (non-hydrogen) atoms. The maximum atomic E-state index is 12.5. The third kappa shape index (κ3) is 5.40. The molecule has 4 amide bonds.